The van der Waals surface area contributed by atoms with Crippen LogP contribution in [0, 0.1) is 5.92 Å². The highest BCUT2D eigenvalue weighted by molar-refractivity contribution is 8.00. The Labute approximate surface area is 128 Å². The fourth-order valence-electron chi connectivity index (χ4n) is 1.83. The van der Waals surface area contributed by atoms with Gasteiger partial charge in [0.15, 0.2) is 5.75 Å². The van der Waals surface area contributed by atoms with Gasteiger partial charge < -0.3 is 14.8 Å². The lowest BCUT2D eigenvalue weighted by Gasteiger charge is -2.23. The first-order valence-electron chi connectivity index (χ1n) is 7.07. The molecular weight excluding hydrogens is 268 g/mol. The molecule has 0 amide bonds. The Morgan fingerprint density at radius 1 is 1.20 bits per heavy atom. The van der Waals surface area contributed by atoms with E-state index < -0.39 is 0 Å². The van der Waals surface area contributed by atoms with Crippen LogP contribution < -0.4 is 14.8 Å². The first-order valence-corrected chi connectivity index (χ1v) is 8.06. The number of benzene rings is 1. The largest absolute Gasteiger partial charge is 0.492 e. The lowest BCUT2D eigenvalue weighted by atomic mass is 9.86. The van der Waals surface area contributed by atoms with Gasteiger partial charge in [0.25, 0.3) is 0 Å². The van der Waals surface area contributed by atoms with Crippen molar-refractivity contribution in [3.63, 3.8) is 0 Å². The first kappa shape index (κ1) is 17.0. The van der Waals surface area contributed by atoms with E-state index in [0.29, 0.717) is 5.92 Å². The predicted molar refractivity (Wildman–Crippen MR) is 92.2 cm³/mol. The van der Waals surface area contributed by atoms with Gasteiger partial charge in [-0.05, 0) is 29.0 Å². The second kappa shape index (κ2) is 7.11. The van der Waals surface area contributed by atoms with E-state index in [1.165, 1.54) is 5.56 Å². The van der Waals surface area contributed by atoms with Crippen molar-refractivity contribution < 1.29 is 4.74 Å². The second-order valence-electron chi connectivity index (χ2n) is 6.41. The highest BCUT2D eigenvalue weighted by atomic mass is 32.2. The first-order chi connectivity index (χ1) is 9.29. The lowest BCUT2D eigenvalue weighted by Crippen LogP contribution is -2.12. The summed E-state index contributed by atoms with van der Waals surface area (Å²) in [6.45, 7) is 11.1. The van der Waals surface area contributed by atoms with E-state index in [2.05, 4.69) is 56.8 Å². The molecule has 3 nitrogen and oxygen atoms in total. The van der Waals surface area contributed by atoms with E-state index in [1.54, 1.807) is 19.1 Å². The van der Waals surface area contributed by atoms with Crippen LogP contribution in [0.2, 0.25) is 0 Å². The molecule has 0 aliphatic carbocycles. The Bertz CT molecular complexity index is 439. The normalized spacial score (nSPS) is 11.6. The number of rotatable bonds is 6. The zero-order valence-electron chi connectivity index (χ0n) is 13.8. The van der Waals surface area contributed by atoms with E-state index in [0.717, 1.165) is 22.9 Å². The minimum absolute atomic E-state index is 0.108. The van der Waals surface area contributed by atoms with Gasteiger partial charge >= 0.3 is 0 Å². The molecule has 1 rings (SSSR count). The van der Waals surface area contributed by atoms with Crippen molar-refractivity contribution in [1.82, 2.24) is 0 Å². The third-order valence-electron chi connectivity index (χ3n) is 3.03. The van der Waals surface area contributed by atoms with Crippen molar-refractivity contribution in [2.24, 2.45) is 5.92 Å². The Morgan fingerprint density at radius 3 is 2.25 bits per heavy atom. The van der Waals surface area contributed by atoms with Gasteiger partial charge in [0.1, 0.15) is 0 Å². The maximum Gasteiger partial charge on any atom is 0.165 e. The fraction of sp³-hybridized carbons (Fsp3) is 0.625. The SMILES string of the molecule is CNc1cc(C(C)(C)C)cc(NSCC(C)C)c1OC. The molecule has 0 unspecified atom stereocenters. The van der Waals surface area contributed by atoms with Crippen molar-refractivity contribution in [3.05, 3.63) is 17.7 Å². The van der Waals surface area contributed by atoms with E-state index in [9.17, 15) is 0 Å². The molecule has 114 valence electrons. The average Bonchev–Trinajstić information content (AvgIpc) is 2.36. The fourth-order valence-corrected chi connectivity index (χ4v) is 2.55. The molecule has 4 heteroatoms. The van der Waals surface area contributed by atoms with Gasteiger partial charge in [0, 0.05) is 12.8 Å². The molecule has 1 aromatic carbocycles. The molecule has 0 fully saturated rings. The minimum atomic E-state index is 0.108. The molecule has 0 aliphatic rings. The van der Waals surface area contributed by atoms with Crippen LogP contribution in [0.5, 0.6) is 5.75 Å². The summed E-state index contributed by atoms with van der Waals surface area (Å²) in [6, 6.07) is 4.35. The molecule has 0 heterocycles. The Morgan fingerprint density at radius 2 is 1.80 bits per heavy atom. The van der Waals surface area contributed by atoms with Crippen LogP contribution in [0.15, 0.2) is 12.1 Å². The zero-order valence-corrected chi connectivity index (χ0v) is 14.6. The Kier molecular flexibility index (Phi) is 6.06. The summed E-state index contributed by atoms with van der Waals surface area (Å²) in [5, 5.41) is 3.22. The van der Waals surface area contributed by atoms with Crippen LogP contribution in [0.25, 0.3) is 0 Å². The Hall–Kier alpha value is -1.03. The molecule has 0 radical (unpaired) electrons. The molecule has 2 N–H and O–H groups in total. The monoisotopic (exact) mass is 296 g/mol. The van der Waals surface area contributed by atoms with E-state index in [4.69, 9.17) is 4.74 Å². The molecule has 0 aliphatic heterocycles. The summed E-state index contributed by atoms with van der Waals surface area (Å²) < 4.78 is 8.99. The molecule has 0 spiro atoms. The van der Waals surface area contributed by atoms with Crippen molar-refractivity contribution in [3.8, 4) is 5.75 Å². The minimum Gasteiger partial charge on any atom is -0.492 e. The van der Waals surface area contributed by atoms with E-state index in [-0.39, 0.29) is 5.41 Å². The van der Waals surface area contributed by atoms with E-state index >= 15 is 0 Å². The number of nitrogens with one attached hydrogen (secondary N) is 2. The van der Waals surface area contributed by atoms with E-state index in [1.807, 2.05) is 7.05 Å². The number of methoxy groups -OCH3 is 1. The quantitative estimate of drug-likeness (QED) is 0.742. The number of anilines is 2. The molecule has 0 atom stereocenters. The molecule has 0 aromatic heterocycles. The highest BCUT2D eigenvalue weighted by Gasteiger charge is 2.19. The summed E-state index contributed by atoms with van der Waals surface area (Å²) in [6.07, 6.45) is 0. The summed E-state index contributed by atoms with van der Waals surface area (Å²) in [7, 11) is 3.64. The van der Waals surface area contributed by atoms with Crippen LogP contribution >= 0.6 is 11.9 Å². The van der Waals surface area contributed by atoms with Gasteiger partial charge in [0.2, 0.25) is 0 Å². The van der Waals surface area contributed by atoms with Gasteiger partial charge in [-0.15, -0.1) is 0 Å². The summed E-state index contributed by atoms with van der Waals surface area (Å²) in [5.74, 6) is 2.60. The average molecular weight is 296 g/mol. The Balaban J connectivity index is 3.11. The maximum absolute atomic E-state index is 5.55. The van der Waals surface area contributed by atoms with Crippen LogP contribution in [-0.4, -0.2) is 19.9 Å². The predicted octanol–water partition coefficient (Wildman–Crippen LogP) is 4.75. The lowest BCUT2D eigenvalue weighted by molar-refractivity contribution is 0.418. The maximum atomic E-state index is 5.55. The molecule has 0 saturated heterocycles. The topological polar surface area (TPSA) is 33.3 Å². The number of hydrogen-bond donors (Lipinski definition) is 2. The highest BCUT2D eigenvalue weighted by Crippen LogP contribution is 2.39. The molecular formula is C16H28N2OS. The smallest absolute Gasteiger partial charge is 0.165 e. The summed E-state index contributed by atoms with van der Waals surface area (Å²) >= 11 is 1.72. The molecule has 0 saturated carbocycles. The van der Waals surface area contributed by atoms with Crippen molar-refractivity contribution in [2.75, 3.05) is 29.9 Å². The number of hydrogen-bond acceptors (Lipinski definition) is 4. The summed E-state index contributed by atoms with van der Waals surface area (Å²) in [4.78, 5) is 0. The van der Waals surface area contributed by atoms with Gasteiger partial charge in [0.05, 0.1) is 18.5 Å². The van der Waals surface area contributed by atoms with Crippen molar-refractivity contribution in [2.45, 2.75) is 40.0 Å². The molecule has 0 bridgehead atoms. The second-order valence-corrected chi connectivity index (χ2v) is 7.24. The van der Waals surface area contributed by atoms with Gasteiger partial charge in [-0.1, -0.05) is 46.6 Å². The molecule has 1 aromatic rings. The van der Waals surface area contributed by atoms with Crippen molar-refractivity contribution in [1.29, 1.82) is 0 Å². The number of ether oxygens (including phenoxy) is 1. The van der Waals surface area contributed by atoms with Gasteiger partial charge in [-0.25, -0.2) is 0 Å². The third kappa shape index (κ3) is 4.51. The molecule has 20 heavy (non-hydrogen) atoms. The van der Waals surface area contributed by atoms with Gasteiger partial charge in [-0.2, -0.15) is 0 Å². The zero-order chi connectivity index (χ0) is 15.3. The summed E-state index contributed by atoms with van der Waals surface area (Å²) in [5.41, 5.74) is 3.45. The van der Waals surface area contributed by atoms with Crippen LogP contribution in [0.4, 0.5) is 11.4 Å². The van der Waals surface area contributed by atoms with Crippen LogP contribution in [0.1, 0.15) is 40.2 Å². The standard InChI is InChI=1S/C16H28N2OS/c1-11(2)10-20-18-14-9-12(16(3,4)5)8-13(17-6)15(14)19-7/h8-9,11,17-18H,10H2,1-7H3. The van der Waals surface area contributed by atoms with Crippen LogP contribution in [0.3, 0.4) is 0 Å². The van der Waals surface area contributed by atoms with Gasteiger partial charge in [-0.3, -0.25) is 0 Å². The van der Waals surface area contributed by atoms with Crippen molar-refractivity contribution >= 4 is 23.3 Å². The van der Waals surface area contributed by atoms with Crippen LogP contribution in [-0.2, 0) is 5.41 Å². The third-order valence-corrected chi connectivity index (χ3v) is 4.22.